The first-order chi connectivity index (χ1) is 9.58. The molecule has 2 rings (SSSR count). The van der Waals surface area contributed by atoms with Crippen molar-refractivity contribution < 1.29 is 8.78 Å². The molecule has 0 saturated carbocycles. The predicted octanol–water partition coefficient (Wildman–Crippen LogP) is 3.10. The summed E-state index contributed by atoms with van der Waals surface area (Å²) in [4.78, 5) is 1.95. The van der Waals surface area contributed by atoms with Gasteiger partial charge >= 0.3 is 0 Å². The molecule has 0 aromatic heterocycles. The Bertz CT molecular complexity index is 537. The minimum Gasteiger partial charge on any atom is -0.323 e. The van der Waals surface area contributed by atoms with Gasteiger partial charge in [0.05, 0.1) is 0 Å². The Labute approximate surface area is 117 Å². The summed E-state index contributed by atoms with van der Waals surface area (Å²) in [7, 11) is 1.88. The van der Waals surface area contributed by atoms with Crippen LogP contribution in [0.1, 0.15) is 17.2 Å². The summed E-state index contributed by atoms with van der Waals surface area (Å²) in [5, 5.41) is 0. The van der Waals surface area contributed by atoms with Crippen LogP contribution >= 0.6 is 0 Å². The fourth-order valence-corrected chi connectivity index (χ4v) is 2.25. The number of hydrogen-bond acceptors (Lipinski definition) is 2. The predicted molar refractivity (Wildman–Crippen MR) is 76.1 cm³/mol. The molecule has 2 N–H and O–H groups in total. The number of nitrogens with two attached hydrogens (primary N) is 1. The van der Waals surface area contributed by atoms with Gasteiger partial charge in [0.1, 0.15) is 11.6 Å². The highest BCUT2D eigenvalue weighted by Crippen LogP contribution is 2.20. The third-order valence-corrected chi connectivity index (χ3v) is 3.17. The Morgan fingerprint density at radius 1 is 1.00 bits per heavy atom. The van der Waals surface area contributed by atoms with Crippen LogP contribution in [0.5, 0.6) is 0 Å². The maximum atomic E-state index is 13.6. The Kier molecular flexibility index (Phi) is 4.82. The van der Waals surface area contributed by atoms with E-state index < -0.39 is 17.7 Å². The normalized spacial score (nSPS) is 12.7. The molecule has 0 bridgehead atoms. The van der Waals surface area contributed by atoms with Crippen LogP contribution in [0.4, 0.5) is 8.78 Å². The molecule has 106 valence electrons. The maximum absolute atomic E-state index is 13.6. The first-order valence-corrected chi connectivity index (χ1v) is 6.50. The lowest BCUT2D eigenvalue weighted by Crippen LogP contribution is -2.30. The SMILES string of the molecule is CN(Cc1ccccc1)CC(N)c1c(F)cccc1F. The van der Waals surface area contributed by atoms with Crippen molar-refractivity contribution in [3.05, 3.63) is 71.3 Å². The summed E-state index contributed by atoms with van der Waals surface area (Å²) in [5.74, 6) is -1.18. The summed E-state index contributed by atoms with van der Waals surface area (Å²) in [5.41, 5.74) is 7.02. The molecule has 1 unspecified atom stereocenters. The highest BCUT2D eigenvalue weighted by Gasteiger charge is 2.17. The molecule has 0 radical (unpaired) electrons. The molecule has 2 aromatic rings. The van der Waals surface area contributed by atoms with Crippen molar-refractivity contribution in [3.63, 3.8) is 0 Å². The van der Waals surface area contributed by atoms with Crippen LogP contribution in [-0.2, 0) is 6.54 Å². The fourth-order valence-electron chi connectivity index (χ4n) is 2.25. The highest BCUT2D eigenvalue weighted by atomic mass is 19.1. The molecule has 0 aliphatic heterocycles. The Balaban J connectivity index is 2.02. The van der Waals surface area contributed by atoms with E-state index in [0.29, 0.717) is 13.1 Å². The molecule has 4 heteroatoms. The van der Waals surface area contributed by atoms with E-state index >= 15 is 0 Å². The van der Waals surface area contributed by atoms with Gasteiger partial charge in [-0.05, 0) is 24.7 Å². The number of hydrogen-bond donors (Lipinski definition) is 1. The third kappa shape index (κ3) is 3.62. The Morgan fingerprint density at radius 2 is 1.60 bits per heavy atom. The van der Waals surface area contributed by atoms with Gasteiger partial charge in [-0.1, -0.05) is 36.4 Å². The first-order valence-electron chi connectivity index (χ1n) is 6.50. The second-order valence-electron chi connectivity index (χ2n) is 4.92. The summed E-state index contributed by atoms with van der Waals surface area (Å²) in [6.45, 7) is 1.07. The molecule has 0 aliphatic rings. The quantitative estimate of drug-likeness (QED) is 0.909. The average Bonchev–Trinajstić information content (AvgIpc) is 2.39. The minimum absolute atomic E-state index is 0.0487. The van der Waals surface area contributed by atoms with Crippen LogP contribution in [0, 0.1) is 11.6 Å². The Morgan fingerprint density at radius 3 is 2.20 bits per heavy atom. The van der Waals surface area contributed by atoms with Crippen molar-refractivity contribution in [1.29, 1.82) is 0 Å². The molecule has 0 spiro atoms. The minimum atomic E-state index is -0.690. The van der Waals surface area contributed by atoms with Gasteiger partial charge in [0, 0.05) is 24.7 Å². The smallest absolute Gasteiger partial charge is 0.130 e. The average molecular weight is 276 g/mol. The number of rotatable bonds is 5. The van der Waals surface area contributed by atoms with Crippen molar-refractivity contribution in [2.24, 2.45) is 5.73 Å². The van der Waals surface area contributed by atoms with Crippen LogP contribution in [0.3, 0.4) is 0 Å². The van der Waals surface area contributed by atoms with Gasteiger partial charge in [0.25, 0.3) is 0 Å². The summed E-state index contributed by atoms with van der Waals surface area (Å²) in [6.07, 6.45) is 0. The van der Waals surface area contributed by atoms with Gasteiger partial charge in [0.15, 0.2) is 0 Å². The van der Waals surface area contributed by atoms with Gasteiger partial charge in [-0.3, -0.25) is 0 Å². The number of likely N-dealkylation sites (N-methyl/N-ethyl adjacent to an activating group) is 1. The van der Waals surface area contributed by atoms with Crippen molar-refractivity contribution in [2.75, 3.05) is 13.6 Å². The second-order valence-corrected chi connectivity index (χ2v) is 4.92. The Hall–Kier alpha value is -1.78. The molecule has 0 saturated heterocycles. The number of nitrogens with zero attached hydrogens (tertiary/aromatic N) is 1. The lowest BCUT2D eigenvalue weighted by atomic mass is 10.1. The zero-order chi connectivity index (χ0) is 14.5. The molecule has 0 fully saturated rings. The molecule has 0 amide bonds. The zero-order valence-electron chi connectivity index (χ0n) is 11.4. The summed E-state index contributed by atoms with van der Waals surface area (Å²) >= 11 is 0. The van der Waals surface area contributed by atoms with Crippen LogP contribution < -0.4 is 5.73 Å². The van der Waals surface area contributed by atoms with Gasteiger partial charge in [-0.25, -0.2) is 8.78 Å². The van der Waals surface area contributed by atoms with E-state index in [1.54, 1.807) is 0 Å². The lowest BCUT2D eigenvalue weighted by Gasteiger charge is -2.22. The van der Waals surface area contributed by atoms with Gasteiger partial charge in [0.2, 0.25) is 0 Å². The van der Waals surface area contributed by atoms with Crippen LogP contribution in [0.25, 0.3) is 0 Å². The van der Waals surface area contributed by atoms with Gasteiger partial charge in [-0.15, -0.1) is 0 Å². The molecule has 0 heterocycles. The standard InChI is InChI=1S/C16H18F2N2/c1-20(10-12-6-3-2-4-7-12)11-15(19)16-13(17)8-5-9-14(16)18/h2-9,15H,10-11,19H2,1H3. The second kappa shape index (κ2) is 6.59. The number of benzene rings is 2. The molecule has 0 aliphatic carbocycles. The van der Waals surface area contributed by atoms with E-state index in [1.165, 1.54) is 18.2 Å². The summed E-state index contributed by atoms with van der Waals surface area (Å²) in [6, 6.07) is 13.0. The first kappa shape index (κ1) is 14.6. The fraction of sp³-hybridized carbons (Fsp3) is 0.250. The molecule has 20 heavy (non-hydrogen) atoms. The van der Waals surface area contributed by atoms with E-state index in [-0.39, 0.29) is 5.56 Å². The number of halogens is 2. The van der Waals surface area contributed by atoms with E-state index in [1.807, 2.05) is 42.3 Å². The topological polar surface area (TPSA) is 29.3 Å². The summed E-state index contributed by atoms with van der Waals surface area (Å²) < 4.78 is 27.3. The van der Waals surface area contributed by atoms with E-state index in [4.69, 9.17) is 5.73 Å². The zero-order valence-corrected chi connectivity index (χ0v) is 11.4. The van der Waals surface area contributed by atoms with E-state index in [9.17, 15) is 8.78 Å². The van der Waals surface area contributed by atoms with E-state index in [2.05, 4.69) is 0 Å². The maximum Gasteiger partial charge on any atom is 0.130 e. The van der Waals surface area contributed by atoms with E-state index in [0.717, 1.165) is 5.56 Å². The largest absolute Gasteiger partial charge is 0.323 e. The van der Waals surface area contributed by atoms with Crippen molar-refractivity contribution in [1.82, 2.24) is 4.90 Å². The van der Waals surface area contributed by atoms with Crippen molar-refractivity contribution >= 4 is 0 Å². The highest BCUT2D eigenvalue weighted by molar-refractivity contribution is 5.23. The van der Waals surface area contributed by atoms with Crippen LogP contribution in [0.2, 0.25) is 0 Å². The monoisotopic (exact) mass is 276 g/mol. The van der Waals surface area contributed by atoms with Gasteiger partial charge < -0.3 is 10.6 Å². The van der Waals surface area contributed by atoms with Crippen molar-refractivity contribution in [3.8, 4) is 0 Å². The molecular weight excluding hydrogens is 258 g/mol. The molecule has 2 nitrogen and oxygen atoms in total. The van der Waals surface area contributed by atoms with Crippen LogP contribution in [-0.4, -0.2) is 18.5 Å². The third-order valence-electron chi connectivity index (χ3n) is 3.17. The van der Waals surface area contributed by atoms with Crippen LogP contribution in [0.15, 0.2) is 48.5 Å². The van der Waals surface area contributed by atoms with Crippen molar-refractivity contribution in [2.45, 2.75) is 12.6 Å². The molecular formula is C16H18F2N2. The molecule has 1 atom stereocenters. The lowest BCUT2D eigenvalue weighted by molar-refractivity contribution is 0.299. The molecule has 2 aromatic carbocycles. The van der Waals surface area contributed by atoms with Gasteiger partial charge in [-0.2, -0.15) is 0 Å².